The molecule has 0 aromatic heterocycles. The average molecular weight is 475 g/mol. The number of nitrogens with one attached hydrogen (secondary N) is 1. The highest BCUT2D eigenvalue weighted by Gasteiger charge is 2.12. The van der Waals surface area contributed by atoms with E-state index in [0.717, 1.165) is 40.7 Å². The van der Waals surface area contributed by atoms with Crippen molar-refractivity contribution in [1.82, 2.24) is 10.2 Å². The van der Waals surface area contributed by atoms with Crippen molar-refractivity contribution in [3.63, 3.8) is 0 Å². The van der Waals surface area contributed by atoms with Crippen molar-refractivity contribution < 1.29 is 14.3 Å². The number of ether oxygens (including phenoxy) is 2. The molecule has 0 saturated carbocycles. The van der Waals surface area contributed by atoms with Crippen LogP contribution in [0.3, 0.4) is 0 Å². The summed E-state index contributed by atoms with van der Waals surface area (Å²) in [7, 11) is 1.39. The first-order valence-electron chi connectivity index (χ1n) is 12.3. The van der Waals surface area contributed by atoms with Gasteiger partial charge in [-0.05, 0) is 62.4 Å². The number of nitrogens with zero attached hydrogens (tertiary/aromatic N) is 1. The molecular formula is C30H38N2O3. The van der Waals surface area contributed by atoms with E-state index in [0.29, 0.717) is 30.8 Å². The highest BCUT2D eigenvalue weighted by molar-refractivity contribution is 5.89. The van der Waals surface area contributed by atoms with E-state index in [1.807, 2.05) is 36.4 Å². The second kappa shape index (κ2) is 13.1. The van der Waals surface area contributed by atoms with Gasteiger partial charge < -0.3 is 14.8 Å². The molecule has 0 bridgehead atoms. The van der Waals surface area contributed by atoms with Crippen molar-refractivity contribution in [3.05, 3.63) is 83.4 Å². The van der Waals surface area contributed by atoms with Crippen molar-refractivity contribution >= 4 is 22.8 Å². The number of fused-ring (bicyclic) bond motifs is 1. The molecule has 186 valence electrons. The monoisotopic (exact) mass is 474 g/mol. The van der Waals surface area contributed by atoms with Crippen molar-refractivity contribution in [2.75, 3.05) is 33.4 Å². The van der Waals surface area contributed by atoms with Crippen LogP contribution in [0.1, 0.15) is 43.6 Å². The van der Waals surface area contributed by atoms with Crippen LogP contribution in [0.4, 0.5) is 0 Å². The molecule has 3 aromatic carbocycles. The summed E-state index contributed by atoms with van der Waals surface area (Å²) in [5.74, 6) is 0.544. The lowest BCUT2D eigenvalue weighted by Gasteiger charge is -2.30. The van der Waals surface area contributed by atoms with Gasteiger partial charge in [0.05, 0.1) is 12.7 Å². The highest BCUT2D eigenvalue weighted by Crippen LogP contribution is 2.25. The number of rotatable bonds is 12. The second-order valence-corrected chi connectivity index (χ2v) is 9.28. The Morgan fingerprint density at radius 1 is 0.943 bits per heavy atom. The Hall–Kier alpha value is -3.15. The first-order valence-corrected chi connectivity index (χ1v) is 12.3. The Balaban J connectivity index is 1.73. The summed E-state index contributed by atoms with van der Waals surface area (Å²) in [5.41, 5.74) is 2.69. The van der Waals surface area contributed by atoms with Gasteiger partial charge in [0.2, 0.25) is 0 Å². The molecule has 0 radical (unpaired) electrons. The molecule has 0 atom stereocenters. The molecule has 0 unspecified atom stereocenters. The minimum absolute atomic E-state index is 0.332. The minimum atomic E-state index is -0.332. The molecule has 0 spiro atoms. The zero-order chi connectivity index (χ0) is 25.2. The zero-order valence-corrected chi connectivity index (χ0v) is 21.6. The summed E-state index contributed by atoms with van der Waals surface area (Å²) in [4.78, 5) is 14.2. The molecular weight excluding hydrogens is 436 g/mol. The summed E-state index contributed by atoms with van der Waals surface area (Å²) in [6.07, 6.45) is 2.13. The molecule has 3 rings (SSSR count). The van der Waals surface area contributed by atoms with Crippen LogP contribution in [0.5, 0.6) is 5.75 Å². The third-order valence-corrected chi connectivity index (χ3v) is 6.09. The molecule has 0 aliphatic heterocycles. The molecule has 0 amide bonds. The number of methoxy groups -OCH3 is 1. The van der Waals surface area contributed by atoms with Gasteiger partial charge in [-0.3, -0.25) is 4.90 Å². The van der Waals surface area contributed by atoms with Crippen LogP contribution >= 0.6 is 0 Å². The number of benzene rings is 3. The topological polar surface area (TPSA) is 50.8 Å². The van der Waals surface area contributed by atoms with Crippen molar-refractivity contribution in [2.45, 2.75) is 39.8 Å². The summed E-state index contributed by atoms with van der Waals surface area (Å²) >= 11 is 0. The maximum absolute atomic E-state index is 11.8. The molecule has 1 N–H and O–H groups in total. The van der Waals surface area contributed by atoms with E-state index in [2.05, 4.69) is 62.2 Å². The van der Waals surface area contributed by atoms with Gasteiger partial charge >= 0.3 is 5.97 Å². The number of hydrogen-bond acceptors (Lipinski definition) is 5. The molecule has 5 nitrogen and oxygen atoms in total. The summed E-state index contributed by atoms with van der Waals surface area (Å²) < 4.78 is 11.1. The molecule has 0 aliphatic rings. The van der Waals surface area contributed by atoms with Gasteiger partial charge in [-0.1, -0.05) is 54.6 Å². The van der Waals surface area contributed by atoms with Crippen molar-refractivity contribution in [2.24, 2.45) is 0 Å². The lowest BCUT2D eigenvalue weighted by molar-refractivity contribution is 0.0600. The van der Waals surface area contributed by atoms with E-state index in [-0.39, 0.29) is 5.97 Å². The van der Waals surface area contributed by atoms with Crippen LogP contribution in [-0.2, 0) is 4.74 Å². The van der Waals surface area contributed by atoms with Gasteiger partial charge in [0.1, 0.15) is 12.4 Å². The van der Waals surface area contributed by atoms with E-state index in [1.54, 1.807) is 12.1 Å². The summed E-state index contributed by atoms with van der Waals surface area (Å²) in [5, 5.41) is 5.86. The first kappa shape index (κ1) is 26.5. The Labute approximate surface area is 209 Å². The quantitative estimate of drug-likeness (QED) is 0.266. The molecule has 0 saturated heterocycles. The minimum Gasteiger partial charge on any atom is -0.489 e. The second-order valence-electron chi connectivity index (χ2n) is 9.28. The fourth-order valence-corrected chi connectivity index (χ4v) is 4.27. The van der Waals surface area contributed by atoms with Crippen molar-refractivity contribution in [3.8, 4) is 5.75 Å². The third kappa shape index (κ3) is 7.67. The molecule has 35 heavy (non-hydrogen) atoms. The van der Waals surface area contributed by atoms with Crippen LogP contribution in [0.25, 0.3) is 16.8 Å². The lowest BCUT2D eigenvalue weighted by Crippen LogP contribution is -2.41. The number of carbonyl (C=O) groups excluding carboxylic acids is 1. The van der Waals surface area contributed by atoms with Crippen LogP contribution in [0.2, 0.25) is 0 Å². The Kier molecular flexibility index (Phi) is 9.88. The standard InChI is InChI=1S/C30H38N2O3/c1-22(2)32(23(3)4)18-17-31-20-25(19-24-13-15-27(16-14-24)30(33)34-5)21-35-29-12-8-10-26-9-6-7-11-28(26)29/h6-16,19,22-23,31H,17-18,20-21H2,1-5H3. The highest BCUT2D eigenvalue weighted by atomic mass is 16.5. The molecule has 0 heterocycles. The molecule has 5 heteroatoms. The van der Waals surface area contributed by atoms with Gasteiger partial charge in [0.15, 0.2) is 0 Å². The predicted octanol–water partition coefficient (Wildman–Crippen LogP) is 5.80. The molecule has 3 aromatic rings. The number of esters is 1. The van der Waals surface area contributed by atoms with Crippen LogP contribution in [0, 0.1) is 0 Å². The maximum Gasteiger partial charge on any atom is 0.337 e. The van der Waals surface area contributed by atoms with Crippen molar-refractivity contribution in [1.29, 1.82) is 0 Å². The van der Waals surface area contributed by atoms with Gasteiger partial charge in [0, 0.05) is 37.1 Å². The van der Waals surface area contributed by atoms with Gasteiger partial charge in [-0.15, -0.1) is 0 Å². The lowest BCUT2D eigenvalue weighted by atomic mass is 10.1. The van der Waals surface area contributed by atoms with E-state index in [9.17, 15) is 4.79 Å². The maximum atomic E-state index is 11.8. The smallest absolute Gasteiger partial charge is 0.337 e. The number of hydrogen-bond donors (Lipinski definition) is 1. The Morgan fingerprint density at radius 2 is 1.63 bits per heavy atom. The predicted molar refractivity (Wildman–Crippen MR) is 145 cm³/mol. The first-order chi connectivity index (χ1) is 16.9. The summed E-state index contributed by atoms with van der Waals surface area (Å²) in [6.45, 7) is 12.0. The Morgan fingerprint density at radius 3 is 2.31 bits per heavy atom. The largest absolute Gasteiger partial charge is 0.489 e. The van der Waals surface area contributed by atoms with E-state index < -0.39 is 0 Å². The molecule has 0 aliphatic carbocycles. The van der Waals surface area contributed by atoms with Crippen LogP contribution in [-0.4, -0.2) is 56.3 Å². The van der Waals surface area contributed by atoms with E-state index in [1.165, 1.54) is 7.11 Å². The number of carbonyl (C=O) groups is 1. The van der Waals surface area contributed by atoms with E-state index in [4.69, 9.17) is 9.47 Å². The van der Waals surface area contributed by atoms with E-state index >= 15 is 0 Å². The van der Waals surface area contributed by atoms with Crippen LogP contribution < -0.4 is 10.1 Å². The SMILES string of the molecule is COC(=O)c1ccc(C=C(CNCCN(C(C)C)C(C)C)COc2cccc3ccccc23)cc1. The summed E-state index contributed by atoms with van der Waals surface area (Å²) in [6, 6.07) is 22.9. The van der Waals surface area contributed by atoms with Gasteiger partial charge in [-0.25, -0.2) is 4.79 Å². The normalized spacial score (nSPS) is 12.1. The fraction of sp³-hybridized carbons (Fsp3) is 0.367. The third-order valence-electron chi connectivity index (χ3n) is 6.09. The Bertz CT molecular complexity index is 1110. The zero-order valence-electron chi connectivity index (χ0n) is 21.6. The van der Waals surface area contributed by atoms with Crippen LogP contribution in [0.15, 0.2) is 72.3 Å². The van der Waals surface area contributed by atoms with Gasteiger partial charge in [0.25, 0.3) is 0 Å². The molecule has 0 fully saturated rings. The van der Waals surface area contributed by atoms with Gasteiger partial charge in [-0.2, -0.15) is 0 Å². The fourth-order valence-electron chi connectivity index (χ4n) is 4.27. The average Bonchev–Trinajstić information content (AvgIpc) is 2.86.